The molecule has 0 spiro atoms. The molecule has 0 saturated carbocycles. The first-order valence-electron chi connectivity index (χ1n) is 9.70. The highest BCUT2D eigenvalue weighted by atomic mass is 32.2. The predicted molar refractivity (Wildman–Crippen MR) is 120 cm³/mol. The van der Waals surface area contributed by atoms with Gasteiger partial charge >= 0.3 is 0 Å². The molecule has 1 aliphatic carbocycles. The predicted octanol–water partition coefficient (Wildman–Crippen LogP) is 3.14. The molecule has 0 saturated heterocycles. The van der Waals surface area contributed by atoms with Gasteiger partial charge in [0.2, 0.25) is 5.96 Å². The zero-order valence-corrected chi connectivity index (χ0v) is 18.1. The summed E-state index contributed by atoms with van der Waals surface area (Å²) in [6, 6.07) is 14.3. The van der Waals surface area contributed by atoms with Crippen LogP contribution in [0.15, 0.2) is 63.6 Å². The van der Waals surface area contributed by atoms with Gasteiger partial charge in [0.1, 0.15) is 0 Å². The lowest BCUT2D eigenvalue weighted by atomic mass is 9.75. The number of benzene rings is 2. The van der Waals surface area contributed by atoms with Crippen LogP contribution in [0, 0.1) is 12.3 Å². The number of hydrogen-bond acceptors (Lipinski definition) is 4. The topological polar surface area (TPSA) is 116 Å². The Bertz CT molecular complexity index is 1300. The van der Waals surface area contributed by atoms with Crippen molar-refractivity contribution in [1.29, 1.82) is 0 Å². The van der Waals surface area contributed by atoms with E-state index in [0.29, 0.717) is 29.8 Å². The third-order valence-electron chi connectivity index (χ3n) is 5.32. The van der Waals surface area contributed by atoms with Gasteiger partial charge in [0.15, 0.2) is 0 Å². The van der Waals surface area contributed by atoms with E-state index in [2.05, 4.69) is 24.1 Å². The van der Waals surface area contributed by atoms with Gasteiger partial charge in [-0.25, -0.2) is 12.4 Å². The Hall–Kier alpha value is -3.13. The average Bonchev–Trinajstić information content (AvgIpc) is 2.99. The normalized spacial score (nSPS) is 17.1. The van der Waals surface area contributed by atoms with Crippen LogP contribution < -0.4 is 11.5 Å². The molecule has 0 bridgehead atoms. The molecule has 0 aliphatic heterocycles. The van der Waals surface area contributed by atoms with Gasteiger partial charge in [0, 0.05) is 16.6 Å². The fourth-order valence-electron chi connectivity index (χ4n) is 4.15. The number of rotatable bonds is 3. The van der Waals surface area contributed by atoms with Crippen molar-refractivity contribution in [2.24, 2.45) is 27.1 Å². The molecule has 4 N–H and O–H groups in total. The van der Waals surface area contributed by atoms with Gasteiger partial charge in [-0.3, -0.25) is 0 Å². The van der Waals surface area contributed by atoms with Crippen LogP contribution in [-0.4, -0.2) is 24.1 Å². The summed E-state index contributed by atoms with van der Waals surface area (Å²) in [6.45, 7) is 6.15. The first kappa shape index (κ1) is 20.2. The van der Waals surface area contributed by atoms with Crippen molar-refractivity contribution in [3.63, 3.8) is 0 Å². The Morgan fingerprint density at radius 2 is 1.77 bits per heavy atom. The third kappa shape index (κ3) is 3.37. The van der Waals surface area contributed by atoms with E-state index in [1.54, 1.807) is 30.3 Å². The Kier molecular flexibility index (Phi) is 4.69. The summed E-state index contributed by atoms with van der Waals surface area (Å²) in [6.07, 6.45) is 1.22. The number of nitrogens with zero attached hydrogens (tertiary/aromatic N) is 3. The minimum Gasteiger partial charge on any atom is -0.369 e. The lowest BCUT2D eigenvalue weighted by Gasteiger charge is -2.31. The van der Waals surface area contributed by atoms with Crippen molar-refractivity contribution < 1.29 is 8.42 Å². The summed E-state index contributed by atoms with van der Waals surface area (Å²) in [7, 11) is -3.80. The van der Waals surface area contributed by atoms with E-state index in [1.165, 1.54) is 3.97 Å². The smallest absolute Gasteiger partial charge is 0.268 e. The standard InChI is InChI=1S/C22H25N5O2S/c1-14-9-10-18-16(11-14)20-17(25-26-21(23)24)12-22(2,3)13-19(20)27(18)30(28,29)15-7-5-4-6-8-15/h4-11H,12-13H2,1-3H3,(H4,23,24,26). The van der Waals surface area contributed by atoms with Crippen molar-refractivity contribution in [2.45, 2.75) is 38.5 Å². The second kappa shape index (κ2) is 6.98. The number of nitrogens with two attached hydrogens (primary N) is 2. The molecule has 0 atom stereocenters. The first-order chi connectivity index (χ1) is 14.1. The Morgan fingerprint density at radius 1 is 1.07 bits per heavy atom. The van der Waals surface area contributed by atoms with Crippen LogP contribution in [0.3, 0.4) is 0 Å². The van der Waals surface area contributed by atoms with Gasteiger partial charge in [-0.2, -0.15) is 5.10 Å². The highest BCUT2D eigenvalue weighted by Crippen LogP contribution is 2.42. The van der Waals surface area contributed by atoms with Gasteiger partial charge in [-0.1, -0.05) is 43.7 Å². The van der Waals surface area contributed by atoms with Gasteiger partial charge in [-0.05, 0) is 49.4 Å². The number of aryl methyl sites for hydroxylation is 1. The van der Waals surface area contributed by atoms with Gasteiger partial charge in [0.25, 0.3) is 10.0 Å². The zero-order valence-electron chi connectivity index (χ0n) is 17.3. The Labute approximate surface area is 176 Å². The number of hydrogen-bond donors (Lipinski definition) is 2. The van der Waals surface area contributed by atoms with E-state index in [1.807, 2.05) is 25.1 Å². The summed E-state index contributed by atoms with van der Waals surface area (Å²) in [5.74, 6) is -0.135. The van der Waals surface area contributed by atoms with Gasteiger partial charge in [0.05, 0.1) is 16.1 Å². The molecule has 0 radical (unpaired) electrons. The molecule has 8 heteroatoms. The van der Waals surface area contributed by atoms with E-state index in [4.69, 9.17) is 11.5 Å². The fourth-order valence-corrected chi connectivity index (χ4v) is 5.72. The summed E-state index contributed by atoms with van der Waals surface area (Å²) in [4.78, 5) is 0.247. The average molecular weight is 424 g/mol. The summed E-state index contributed by atoms with van der Waals surface area (Å²) < 4.78 is 28.9. The minimum atomic E-state index is -3.80. The van der Waals surface area contributed by atoms with E-state index in [0.717, 1.165) is 16.5 Å². The molecule has 1 aromatic heterocycles. The van der Waals surface area contributed by atoms with Crippen molar-refractivity contribution >= 4 is 32.6 Å². The summed E-state index contributed by atoms with van der Waals surface area (Å²) in [5, 5.41) is 9.02. The maximum absolute atomic E-state index is 13.7. The maximum Gasteiger partial charge on any atom is 0.268 e. The summed E-state index contributed by atoms with van der Waals surface area (Å²) >= 11 is 0. The molecule has 0 amide bonds. The monoisotopic (exact) mass is 423 g/mol. The van der Waals surface area contributed by atoms with E-state index >= 15 is 0 Å². The molecule has 1 aliphatic rings. The van der Waals surface area contributed by atoms with Crippen LogP contribution in [0.4, 0.5) is 0 Å². The van der Waals surface area contributed by atoms with E-state index in [9.17, 15) is 8.42 Å². The third-order valence-corrected chi connectivity index (χ3v) is 7.09. The van der Waals surface area contributed by atoms with E-state index in [-0.39, 0.29) is 16.3 Å². The molecule has 7 nitrogen and oxygen atoms in total. The Balaban J connectivity index is 2.12. The maximum atomic E-state index is 13.7. The van der Waals surface area contributed by atoms with Gasteiger partial charge in [-0.15, -0.1) is 5.10 Å². The first-order valence-corrected chi connectivity index (χ1v) is 11.1. The zero-order chi connectivity index (χ0) is 21.7. The van der Waals surface area contributed by atoms with Crippen molar-refractivity contribution in [2.75, 3.05) is 0 Å². The van der Waals surface area contributed by atoms with Crippen molar-refractivity contribution in [1.82, 2.24) is 3.97 Å². The largest absolute Gasteiger partial charge is 0.369 e. The molecule has 4 rings (SSSR count). The number of fused-ring (bicyclic) bond motifs is 3. The van der Waals surface area contributed by atoms with E-state index < -0.39 is 10.0 Å². The number of guanidine groups is 1. The summed E-state index contributed by atoms with van der Waals surface area (Å²) in [5.41, 5.74) is 14.7. The molecule has 1 heterocycles. The molecular weight excluding hydrogens is 398 g/mol. The minimum absolute atomic E-state index is 0.135. The second-order valence-corrected chi connectivity index (χ2v) is 10.3. The van der Waals surface area contributed by atoms with Crippen LogP contribution in [0.25, 0.3) is 10.9 Å². The Morgan fingerprint density at radius 3 is 2.43 bits per heavy atom. The van der Waals surface area contributed by atoms with Gasteiger partial charge < -0.3 is 11.5 Å². The van der Waals surface area contributed by atoms with Crippen molar-refractivity contribution in [3.05, 3.63) is 65.4 Å². The lowest BCUT2D eigenvalue weighted by molar-refractivity contribution is 0.367. The second-order valence-electron chi connectivity index (χ2n) is 8.51. The van der Waals surface area contributed by atoms with Crippen LogP contribution >= 0.6 is 0 Å². The van der Waals surface area contributed by atoms with Crippen molar-refractivity contribution in [3.8, 4) is 0 Å². The molecule has 0 unspecified atom stereocenters. The van der Waals surface area contributed by atoms with Crippen LogP contribution in [0.5, 0.6) is 0 Å². The van der Waals surface area contributed by atoms with Crippen LogP contribution in [0.1, 0.15) is 37.1 Å². The molecule has 30 heavy (non-hydrogen) atoms. The molecule has 0 fully saturated rings. The fraction of sp³-hybridized carbons (Fsp3) is 0.273. The highest BCUT2D eigenvalue weighted by molar-refractivity contribution is 7.90. The SMILES string of the molecule is Cc1ccc2c(c1)c1c(n2S(=O)(=O)c2ccccc2)CC(C)(C)CC1=NN=C(N)N. The van der Waals surface area contributed by atoms with Crippen LogP contribution in [-0.2, 0) is 16.4 Å². The highest BCUT2D eigenvalue weighted by Gasteiger charge is 2.37. The van der Waals surface area contributed by atoms with Crippen LogP contribution in [0.2, 0.25) is 0 Å². The quantitative estimate of drug-likeness (QED) is 0.382. The lowest BCUT2D eigenvalue weighted by Crippen LogP contribution is -2.30. The molecular formula is C22H25N5O2S. The molecule has 156 valence electrons. The molecule has 3 aromatic rings. The molecule has 2 aromatic carbocycles. The number of aromatic nitrogens is 1.